The molecule has 0 aliphatic carbocycles. The van der Waals surface area contributed by atoms with Crippen LogP contribution in [0.2, 0.25) is 0 Å². The fourth-order valence-corrected chi connectivity index (χ4v) is 3.25. The van der Waals surface area contributed by atoms with Crippen LogP contribution in [0.3, 0.4) is 0 Å². The van der Waals surface area contributed by atoms with Gasteiger partial charge >= 0.3 is 5.69 Å². The molecule has 1 saturated heterocycles. The van der Waals surface area contributed by atoms with Crippen molar-refractivity contribution in [3.8, 4) is 0 Å². The maximum atomic E-state index is 12.4. The predicted molar refractivity (Wildman–Crippen MR) is 94.5 cm³/mol. The first-order valence-electron chi connectivity index (χ1n) is 8.17. The number of anilines is 1. The number of aromatic nitrogens is 4. The second kappa shape index (κ2) is 6.23. The van der Waals surface area contributed by atoms with Gasteiger partial charge in [-0.2, -0.15) is 4.98 Å². The molecule has 0 unspecified atom stereocenters. The summed E-state index contributed by atoms with van der Waals surface area (Å²) in [5.41, 5.74) is 5.96. The molecule has 0 spiro atoms. The molecule has 0 radical (unpaired) electrons. The zero-order valence-electron chi connectivity index (χ0n) is 14.4. The van der Waals surface area contributed by atoms with Gasteiger partial charge in [0, 0.05) is 32.6 Å². The highest BCUT2D eigenvalue weighted by Crippen LogP contribution is 2.25. The maximum Gasteiger partial charge on any atom is 0.329 e. The van der Waals surface area contributed by atoms with Gasteiger partial charge in [0.05, 0.1) is 0 Å². The minimum absolute atomic E-state index is 0.136. The lowest BCUT2D eigenvalue weighted by molar-refractivity contribution is -0.122. The molecule has 0 atom stereocenters. The Labute approximate surface area is 143 Å². The number of piperidine rings is 1. The van der Waals surface area contributed by atoms with E-state index in [-0.39, 0.29) is 11.8 Å². The summed E-state index contributed by atoms with van der Waals surface area (Å²) in [4.78, 5) is 44.5. The number of carbonyl (C=O) groups is 1. The Morgan fingerprint density at radius 1 is 1.36 bits per heavy atom. The molecule has 2 aromatic rings. The van der Waals surface area contributed by atoms with Crippen LogP contribution in [0.15, 0.2) is 21.7 Å². The zero-order valence-corrected chi connectivity index (χ0v) is 14.4. The number of aromatic amines is 1. The third-order valence-corrected chi connectivity index (χ3v) is 4.60. The molecule has 3 rings (SSSR count). The summed E-state index contributed by atoms with van der Waals surface area (Å²) in [5.74, 6) is 0.185. The number of carbonyl (C=O) groups excluding carboxylic acids is 1. The Bertz CT molecular complexity index is 959. The molecular formula is C16H22N6O3. The molecule has 0 aromatic carbocycles. The molecule has 25 heavy (non-hydrogen) atoms. The molecule has 0 saturated carbocycles. The van der Waals surface area contributed by atoms with Crippen molar-refractivity contribution in [2.45, 2.75) is 26.3 Å². The highest BCUT2D eigenvalue weighted by Gasteiger charge is 2.27. The van der Waals surface area contributed by atoms with E-state index in [1.165, 1.54) is 4.57 Å². The number of allylic oxidation sites excluding steroid dienone is 1. The van der Waals surface area contributed by atoms with E-state index in [9.17, 15) is 14.4 Å². The van der Waals surface area contributed by atoms with Crippen LogP contribution in [0.5, 0.6) is 0 Å². The maximum absolute atomic E-state index is 12.4. The number of hydrogen-bond acceptors (Lipinski definition) is 5. The number of aryl methyl sites for hydroxylation is 1. The summed E-state index contributed by atoms with van der Waals surface area (Å²) in [7, 11) is 1.57. The van der Waals surface area contributed by atoms with Crippen LogP contribution in [0, 0.1) is 5.92 Å². The Kier molecular flexibility index (Phi) is 4.23. The molecule has 0 bridgehead atoms. The molecule has 2 aromatic heterocycles. The Balaban J connectivity index is 2.11. The van der Waals surface area contributed by atoms with Crippen LogP contribution in [-0.4, -0.2) is 38.1 Å². The molecule has 3 heterocycles. The second-order valence-corrected chi connectivity index (χ2v) is 6.61. The summed E-state index contributed by atoms with van der Waals surface area (Å²) in [6.07, 6.45) is 1.28. The van der Waals surface area contributed by atoms with Gasteiger partial charge in [-0.25, -0.2) is 4.79 Å². The van der Waals surface area contributed by atoms with Crippen LogP contribution >= 0.6 is 0 Å². The summed E-state index contributed by atoms with van der Waals surface area (Å²) in [6.45, 7) is 7.42. The molecular weight excluding hydrogens is 324 g/mol. The van der Waals surface area contributed by atoms with E-state index >= 15 is 0 Å². The van der Waals surface area contributed by atoms with E-state index in [0.717, 1.165) is 5.57 Å². The van der Waals surface area contributed by atoms with Gasteiger partial charge in [0.15, 0.2) is 11.2 Å². The van der Waals surface area contributed by atoms with E-state index < -0.39 is 11.2 Å². The Morgan fingerprint density at radius 2 is 2.00 bits per heavy atom. The van der Waals surface area contributed by atoms with Gasteiger partial charge in [0.2, 0.25) is 11.9 Å². The monoisotopic (exact) mass is 346 g/mol. The Morgan fingerprint density at radius 3 is 2.56 bits per heavy atom. The number of fused-ring (bicyclic) bond motifs is 1. The van der Waals surface area contributed by atoms with Crippen molar-refractivity contribution in [1.82, 2.24) is 19.1 Å². The van der Waals surface area contributed by atoms with Crippen molar-refractivity contribution in [3.63, 3.8) is 0 Å². The quantitative estimate of drug-likeness (QED) is 0.737. The lowest BCUT2D eigenvalue weighted by atomic mass is 9.96. The minimum atomic E-state index is -0.503. The van der Waals surface area contributed by atoms with E-state index in [2.05, 4.69) is 16.5 Å². The number of H-pyrrole nitrogens is 1. The SMILES string of the molecule is C=C(C)Cn1c(N2CCC(C(N)=O)CC2)nc2c1c(=O)[nH]c(=O)n2C. The number of amides is 1. The van der Waals surface area contributed by atoms with Crippen LogP contribution in [0.1, 0.15) is 19.8 Å². The van der Waals surface area contributed by atoms with Crippen molar-refractivity contribution in [2.24, 2.45) is 18.7 Å². The van der Waals surface area contributed by atoms with Gasteiger partial charge in [0.25, 0.3) is 5.56 Å². The van der Waals surface area contributed by atoms with Gasteiger partial charge in [-0.1, -0.05) is 12.2 Å². The molecule has 9 heteroatoms. The molecule has 1 aliphatic rings. The first-order chi connectivity index (χ1) is 11.8. The average molecular weight is 346 g/mol. The van der Waals surface area contributed by atoms with E-state index in [1.807, 2.05) is 11.8 Å². The number of primary amides is 1. The molecule has 1 aliphatic heterocycles. The third kappa shape index (κ3) is 2.97. The van der Waals surface area contributed by atoms with Gasteiger partial charge in [-0.05, 0) is 19.8 Å². The number of nitrogens with zero attached hydrogens (tertiary/aromatic N) is 4. The van der Waals surface area contributed by atoms with E-state index in [1.54, 1.807) is 11.6 Å². The van der Waals surface area contributed by atoms with Crippen molar-refractivity contribution in [3.05, 3.63) is 33.0 Å². The normalized spacial score (nSPS) is 15.7. The Hall–Kier alpha value is -2.84. The van der Waals surface area contributed by atoms with Crippen molar-refractivity contribution < 1.29 is 4.79 Å². The molecule has 134 valence electrons. The van der Waals surface area contributed by atoms with Crippen LogP contribution < -0.4 is 21.9 Å². The third-order valence-electron chi connectivity index (χ3n) is 4.60. The fourth-order valence-electron chi connectivity index (χ4n) is 3.25. The lowest BCUT2D eigenvalue weighted by Crippen LogP contribution is -2.39. The van der Waals surface area contributed by atoms with Crippen molar-refractivity contribution in [2.75, 3.05) is 18.0 Å². The van der Waals surface area contributed by atoms with Crippen LogP contribution in [0.25, 0.3) is 11.2 Å². The fraction of sp³-hybridized carbons (Fsp3) is 0.500. The lowest BCUT2D eigenvalue weighted by Gasteiger charge is -2.31. The first-order valence-corrected chi connectivity index (χ1v) is 8.17. The van der Waals surface area contributed by atoms with Gasteiger partial charge in [-0.15, -0.1) is 0 Å². The van der Waals surface area contributed by atoms with Crippen LogP contribution in [0.4, 0.5) is 5.95 Å². The number of nitrogens with one attached hydrogen (secondary N) is 1. The largest absolute Gasteiger partial charge is 0.369 e. The second-order valence-electron chi connectivity index (χ2n) is 6.61. The standard InChI is InChI=1S/C16H22N6O3/c1-9(2)8-22-11-13(20(3)16(25)19-14(11)24)18-15(22)21-6-4-10(5-7-21)12(17)23/h10H,1,4-8H2,2-3H3,(H2,17,23)(H,19,24,25). The zero-order chi connectivity index (χ0) is 18.3. The topological polar surface area (TPSA) is 119 Å². The number of rotatable bonds is 4. The predicted octanol–water partition coefficient (Wildman–Crippen LogP) is -0.299. The molecule has 1 amide bonds. The summed E-state index contributed by atoms with van der Waals surface area (Å²) >= 11 is 0. The summed E-state index contributed by atoms with van der Waals surface area (Å²) in [6, 6.07) is 0. The molecule has 1 fully saturated rings. The van der Waals surface area contributed by atoms with E-state index in [4.69, 9.17) is 5.73 Å². The highest BCUT2D eigenvalue weighted by atomic mass is 16.2. The van der Waals surface area contributed by atoms with Crippen LogP contribution in [-0.2, 0) is 18.4 Å². The van der Waals surface area contributed by atoms with Crippen molar-refractivity contribution in [1.29, 1.82) is 0 Å². The van der Waals surface area contributed by atoms with Gasteiger partial charge in [0.1, 0.15) is 0 Å². The summed E-state index contributed by atoms with van der Waals surface area (Å²) in [5, 5.41) is 0. The summed E-state index contributed by atoms with van der Waals surface area (Å²) < 4.78 is 3.10. The smallest absolute Gasteiger partial charge is 0.329 e. The molecule has 3 N–H and O–H groups in total. The highest BCUT2D eigenvalue weighted by molar-refractivity contribution is 5.77. The van der Waals surface area contributed by atoms with E-state index in [0.29, 0.717) is 49.6 Å². The minimum Gasteiger partial charge on any atom is -0.369 e. The first kappa shape index (κ1) is 17.0. The van der Waals surface area contributed by atoms with Crippen molar-refractivity contribution >= 4 is 23.0 Å². The average Bonchev–Trinajstić information content (AvgIpc) is 2.92. The molecule has 9 nitrogen and oxygen atoms in total. The van der Waals surface area contributed by atoms with Gasteiger partial charge < -0.3 is 15.2 Å². The number of imidazole rings is 1. The van der Waals surface area contributed by atoms with Gasteiger partial charge in [-0.3, -0.25) is 19.1 Å². The number of hydrogen-bond donors (Lipinski definition) is 2. The number of nitrogens with two attached hydrogens (primary N) is 1.